The van der Waals surface area contributed by atoms with Crippen LogP contribution in [-0.4, -0.2) is 11.7 Å². The molecule has 5 heteroatoms. The van der Waals surface area contributed by atoms with E-state index in [0.717, 1.165) is 11.4 Å². The molecule has 4 nitrogen and oxygen atoms in total. The fourth-order valence-corrected chi connectivity index (χ4v) is 1.61. The molecule has 1 aromatic carbocycles. The van der Waals surface area contributed by atoms with E-state index in [9.17, 15) is 0 Å². The van der Waals surface area contributed by atoms with Crippen LogP contribution in [0.2, 0.25) is 5.02 Å². The van der Waals surface area contributed by atoms with Crippen LogP contribution in [0.1, 0.15) is 26.3 Å². The van der Waals surface area contributed by atoms with Crippen molar-refractivity contribution < 1.29 is 0 Å². The van der Waals surface area contributed by atoms with Crippen molar-refractivity contribution in [1.82, 2.24) is 10.9 Å². The van der Waals surface area contributed by atoms with Crippen molar-refractivity contribution in [3.05, 3.63) is 34.9 Å². The first kappa shape index (κ1) is 11.9. The van der Waals surface area contributed by atoms with E-state index in [4.69, 9.17) is 11.6 Å². The molecule has 1 aliphatic heterocycles. The summed E-state index contributed by atoms with van der Waals surface area (Å²) < 4.78 is 0. The summed E-state index contributed by atoms with van der Waals surface area (Å²) >= 11 is 6.09. The van der Waals surface area contributed by atoms with E-state index in [1.165, 1.54) is 0 Å². The van der Waals surface area contributed by atoms with Crippen molar-refractivity contribution in [2.24, 2.45) is 15.6 Å². The minimum absolute atomic E-state index is 0.0670. The predicted octanol–water partition coefficient (Wildman–Crippen LogP) is 2.55. The molecule has 0 fully saturated rings. The lowest BCUT2D eigenvalue weighted by Gasteiger charge is -2.25. The maximum absolute atomic E-state index is 6.09. The van der Waals surface area contributed by atoms with Gasteiger partial charge in [-0.2, -0.15) is 0 Å². The molecular formula is C12H15ClN4. The fourth-order valence-electron chi connectivity index (χ4n) is 1.38. The SMILES string of the molecule is CC(C)(C)C1=NN=C(c2ccccc2Cl)NN1. The smallest absolute Gasteiger partial charge is 0.175 e. The van der Waals surface area contributed by atoms with Crippen LogP contribution in [0.15, 0.2) is 34.5 Å². The van der Waals surface area contributed by atoms with E-state index in [0.29, 0.717) is 10.9 Å². The Hall–Kier alpha value is -1.55. The van der Waals surface area contributed by atoms with Crippen molar-refractivity contribution in [2.75, 3.05) is 0 Å². The van der Waals surface area contributed by atoms with Crippen molar-refractivity contribution in [3.63, 3.8) is 0 Å². The lowest BCUT2D eigenvalue weighted by molar-refractivity contribution is 0.549. The topological polar surface area (TPSA) is 48.8 Å². The molecule has 0 atom stereocenters. The van der Waals surface area contributed by atoms with Gasteiger partial charge in [0.1, 0.15) is 5.84 Å². The molecular weight excluding hydrogens is 236 g/mol. The Labute approximate surface area is 106 Å². The molecule has 0 aliphatic carbocycles. The van der Waals surface area contributed by atoms with E-state index in [-0.39, 0.29) is 5.41 Å². The van der Waals surface area contributed by atoms with Gasteiger partial charge in [-0.25, -0.2) is 0 Å². The van der Waals surface area contributed by atoms with Gasteiger partial charge in [-0.1, -0.05) is 44.5 Å². The Bertz CT molecular complexity index is 486. The first-order valence-corrected chi connectivity index (χ1v) is 5.79. The van der Waals surface area contributed by atoms with Crippen molar-refractivity contribution >= 4 is 23.3 Å². The lowest BCUT2D eigenvalue weighted by atomic mass is 9.95. The zero-order valence-corrected chi connectivity index (χ0v) is 10.8. The Morgan fingerprint density at radius 2 is 1.76 bits per heavy atom. The fraction of sp³-hybridized carbons (Fsp3) is 0.333. The summed E-state index contributed by atoms with van der Waals surface area (Å²) in [6, 6.07) is 7.51. The van der Waals surface area contributed by atoms with Gasteiger partial charge >= 0.3 is 0 Å². The molecule has 90 valence electrons. The van der Waals surface area contributed by atoms with Crippen LogP contribution in [0.3, 0.4) is 0 Å². The maximum atomic E-state index is 6.09. The average Bonchev–Trinajstić information content (AvgIpc) is 2.29. The monoisotopic (exact) mass is 250 g/mol. The molecule has 17 heavy (non-hydrogen) atoms. The van der Waals surface area contributed by atoms with Crippen LogP contribution in [0.5, 0.6) is 0 Å². The number of hydrazine groups is 1. The molecule has 1 aromatic rings. The van der Waals surface area contributed by atoms with Gasteiger partial charge in [-0.3, -0.25) is 10.9 Å². The molecule has 1 aliphatic rings. The minimum Gasteiger partial charge on any atom is -0.284 e. The maximum Gasteiger partial charge on any atom is 0.175 e. The minimum atomic E-state index is -0.0670. The van der Waals surface area contributed by atoms with Gasteiger partial charge < -0.3 is 0 Å². The van der Waals surface area contributed by atoms with Gasteiger partial charge in [-0.15, -0.1) is 10.2 Å². The van der Waals surface area contributed by atoms with Gasteiger partial charge in [0.25, 0.3) is 0 Å². The Balaban J connectivity index is 2.30. The molecule has 0 saturated heterocycles. The van der Waals surface area contributed by atoms with E-state index < -0.39 is 0 Å². The van der Waals surface area contributed by atoms with Crippen LogP contribution in [0.25, 0.3) is 0 Å². The summed E-state index contributed by atoms with van der Waals surface area (Å²) in [5.41, 5.74) is 6.83. The summed E-state index contributed by atoms with van der Waals surface area (Å²) in [7, 11) is 0. The van der Waals surface area contributed by atoms with Crippen LogP contribution >= 0.6 is 11.6 Å². The average molecular weight is 251 g/mol. The molecule has 0 saturated carbocycles. The highest BCUT2D eigenvalue weighted by Gasteiger charge is 2.22. The third-order valence-electron chi connectivity index (χ3n) is 2.39. The molecule has 0 amide bonds. The number of amidine groups is 2. The van der Waals surface area contributed by atoms with E-state index >= 15 is 0 Å². The molecule has 0 radical (unpaired) electrons. The summed E-state index contributed by atoms with van der Waals surface area (Å²) in [6.45, 7) is 6.20. The van der Waals surface area contributed by atoms with Crippen molar-refractivity contribution in [3.8, 4) is 0 Å². The number of hydrogen-bond acceptors (Lipinski definition) is 4. The first-order chi connectivity index (χ1) is 7.98. The number of benzene rings is 1. The highest BCUT2D eigenvalue weighted by Crippen LogP contribution is 2.18. The second-order valence-corrected chi connectivity index (χ2v) is 5.28. The third-order valence-corrected chi connectivity index (χ3v) is 2.72. The standard InChI is InChI=1S/C12H15ClN4/c1-12(2,3)11-16-14-10(15-17-11)8-6-4-5-7-9(8)13/h4-7H,1-3H3,(H,14,15)(H,16,17). The highest BCUT2D eigenvalue weighted by atomic mass is 35.5. The Morgan fingerprint density at radius 1 is 1.06 bits per heavy atom. The molecule has 2 rings (SSSR count). The largest absolute Gasteiger partial charge is 0.284 e. The van der Waals surface area contributed by atoms with Gasteiger partial charge in [0, 0.05) is 11.0 Å². The van der Waals surface area contributed by atoms with Gasteiger partial charge in [0.2, 0.25) is 0 Å². The van der Waals surface area contributed by atoms with Gasteiger partial charge in [-0.05, 0) is 12.1 Å². The van der Waals surface area contributed by atoms with Crippen LogP contribution < -0.4 is 10.9 Å². The van der Waals surface area contributed by atoms with Gasteiger partial charge in [0.05, 0.1) is 5.02 Å². The molecule has 1 heterocycles. The number of rotatable bonds is 1. The third kappa shape index (κ3) is 2.58. The second kappa shape index (κ2) is 4.37. The van der Waals surface area contributed by atoms with Crippen molar-refractivity contribution in [2.45, 2.75) is 20.8 Å². The number of hydrogen-bond donors (Lipinski definition) is 2. The molecule has 0 bridgehead atoms. The van der Waals surface area contributed by atoms with Crippen molar-refractivity contribution in [1.29, 1.82) is 0 Å². The van der Waals surface area contributed by atoms with Gasteiger partial charge in [0.15, 0.2) is 5.84 Å². The number of nitrogens with zero attached hydrogens (tertiary/aromatic N) is 2. The lowest BCUT2D eigenvalue weighted by Crippen LogP contribution is -2.49. The molecule has 2 N–H and O–H groups in total. The summed E-state index contributed by atoms with van der Waals surface area (Å²) in [4.78, 5) is 0. The summed E-state index contributed by atoms with van der Waals surface area (Å²) in [6.07, 6.45) is 0. The number of nitrogens with one attached hydrogen (secondary N) is 2. The second-order valence-electron chi connectivity index (χ2n) is 4.88. The van der Waals surface area contributed by atoms with Crippen LogP contribution in [0.4, 0.5) is 0 Å². The molecule has 0 unspecified atom stereocenters. The van der Waals surface area contributed by atoms with Crippen LogP contribution in [0, 0.1) is 5.41 Å². The quantitative estimate of drug-likeness (QED) is 0.805. The van der Waals surface area contributed by atoms with E-state index in [1.54, 1.807) is 0 Å². The Kier molecular flexibility index (Phi) is 3.07. The van der Waals surface area contributed by atoms with E-state index in [1.807, 2.05) is 24.3 Å². The highest BCUT2D eigenvalue weighted by molar-refractivity contribution is 6.34. The zero-order chi connectivity index (χ0) is 12.5. The van der Waals surface area contributed by atoms with E-state index in [2.05, 4.69) is 41.8 Å². The zero-order valence-electron chi connectivity index (χ0n) is 10.1. The van der Waals surface area contributed by atoms with Crippen LogP contribution in [-0.2, 0) is 0 Å². The first-order valence-electron chi connectivity index (χ1n) is 5.41. The molecule has 0 spiro atoms. The Morgan fingerprint density at radius 3 is 2.29 bits per heavy atom. The normalized spacial score (nSPS) is 15.5. The summed E-state index contributed by atoms with van der Waals surface area (Å²) in [5, 5.41) is 8.98. The predicted molar refractivity (Wildman–Crippen MR) is 71.2 cm³/mol. The molecule has 0 aromatic heterocycles. The summed E-state index contributed by atoms with van der Waals surface area (Å²) in [5.74, 6) is 1.43. The number of halogens is 1.